The molecule has 0 bridgehead atoms. The first kappa shape index (κ1) is 14.0. The number of aryl methyl sites for hydroxylation is 1. The Bertz CT molecular complexity index is 581. The Hall–Kier alpha value is -2.42. The van der Waals surface area contributed by atoms with E-state index >= 15 is 0 Å². The molecule has 108 valence electrons. The van der Waals surface area contributed by atoms with E-state index in [1.54, 1.807) is 0 Å². The molecule has 2 unspecified atom stereocenters. The maximum absolute atomic E-state index is 12.3. The van der Waals surface area contributed by atoms with Crippen LogP contribution in [0.25, 0.3) is 0 Å². The Morgan fingerprint density at radius 3 is 2.65 bits per heavy atom. The van der Waals surface area contributed by atoms with E-state index in [9.17, 15) is 24.8 Å². The van der Waals surface area contributed by atoms with Gasteiger partial charge in [0.25, 0.3) is 11.6 Å². The van der Waals surface area contributed by atoms with E-state index in [2.05, 4.69) is 0 Å². The number of carbonyl (C=O) groups excluding carboxylic acids is 1. The van der Waals surface area contributed by atoms with Gasteiger partial charge < -0.3 is 19.7 Å². The van der Waals surface area contributed by atoms with E-state index in [4.69, 9.17) is 5.11 Å². The summed E-state index contributed by atoms with van der Waals surface area (Å²) in [6.45, 7) is -0.102. The van der Waals surface area contributed by atoms with Gasteiger partial charge in [-0.25, -0.2) is 4.79 Å². The fourth-order valence-corrected chi connectivity index (χ4v) is 2.28. The van der Waals surface area contributed by atoms with Gasteiger partial charge in [0, 0.05) is 26.1 Å². The lowest BCUT2D eigenvalue weighted by Crippen LogP contribution is -2.41. The number of aromatic nitrogens is 1. The van der Waals surface area contributed by atoms with E-state index < -0.39 is 28.9 Å². The third-order valence-corrected chi connectivity index (χ3v) is 3.25. The Kier molecular flexibility index (Phi) is 3.45. The molecule has 1 aromatic rings. The lowest BCUT2D eigenvalue weighted by molar-refractivity contribution is -0.384. The van der Waals surface area contributed by atoms with Crippen molar-refractivity contribution in [2.75, 3.05) is 6.54 Å². The van der Waals surface area contributed by atoms with E-state index in [-0.39, 0.29) is 24.3 Å². The molecule has 2 heterocycles. The number of carbonyl (C=O) groups is 2. The standard InChI is InChI=1S/C11H13N3O6/c1-12-4-6(14(19)20)2-8(12)10(16)13-5-7(15)3-9(13)11(17)18/h2,4,7,9,15H,3,5H2,1H3,(H,17,18). The van der Waals surface area contributed by atoms with E-state index in [1.807, 2.05) is 0 Å². The Morgan fingerprint density at radius 2 is 2.15 bits per heavy atom. The smallest absolute Gasteiger partial charge is 0.326 e. The van der Waals surface area contributed by atoms with Gasteiger partial charge in [0.05, 0.1) is 17.2 Å². The Balaban J connectivity index is 2.31. The average Bonchev–Trinajstić information content (AvgIpc) is 2.92. The molecule has 20 heavy (non-hydrogen) atoms. The van der Waals surface area contributed by atoms with Gasteiger partial charge in [-0.15, -0.1) is 0 Å². The predicted octanol–water partition coefficient (Wildman–Crippen LogP) is -0.407. The van der Waals surface area contributed by atoms with E-state index in [1.165, 1.54) is 17.8 Å². The molecule has 1 fully saturated rings. The number of aliphatic carboxylic acids is 1. The van der Waals surface area contributed by atoms with Crippen LogP contribution < -0.4 is 0 Å². The third-order valence-electron chi connectivity index (χ3n) is 3.25. The molecule has 1 saturated heterocycles. The molecule has 0 aromatic carbocycles. The number of carboxylic acid groups (broad SMARTS) is 1. The SMILES string of the molecule is Cn1cc([N+](=O)[O-])cc1C(=O)N1CC(O)CC1C(=O)O. The minimum absolute atomic E-state index is 0.0112. The van der Waals surface area contributed by atoms with Crippen molar-refractivity contribution in [1.82, 2.24) is 9.47 Å². The minimum atomic E-state index is -1.21. The molecule has 9 heteroatoms. The maximum Gasteiger partial charge on any atom is 0.326 e. The summed E-state index contributed by atoms with van der Waals surface area (Å²) in [5, 5.41) is 29.2. The van der Waals surface area contributed by atoms with Gasteiger partial charge in [0.1, 0.15) is 11.7 Å². The summed E-state index contributed by atoms with van der Waals surface area (Å²) >= 11 is 0. The zero-order valence-corrected chi connectivity index (χ0v) is 10.6. The highest BCUT2D eigenvalue weighted by Gasteiger charge is 2.40. The number of likely N-dealkylation sites (tertiary alicyclic amines) is 1. The molecule has 0 saturated carbocycles. The predicted molar refractivity (Wildman–Crippen MR) is 65.2 cm³/mol. The molecule has 2 N–H and O–H groups in total. The van der Waals surface area contributed by atoms with Crippen LogP contribution in [0.1, 0.15) is 16.9 Å². The normalized spacial score (nSPS) is 22.0. The number of nitro groups is 1. The van der Waals surface area contributed by atoms with Crippen LogP contribution in [-0.4, -0.2) is 55.2 Å². The van der Waals surface area contributed by atoms with Crippen LogP contribution in [0, 0.1) is 10.1 Å². The molecule has 2 atom stereocenters. The number of hydrogen-bond donors (Lipinski definition) is 2. The van der Waals surface area contributed by atoms with Crippen LogP contribution in [0.4, 0.5) is 5.69 Å². The second-order valence-electron chi connectivity index (χ2n) is 4.65. The zero-order chi connectivity index (χ0) is 15.0. The highest BCUT2D eigenvalue weighted by Crippen LogP contribution is 2.23. The van der Waals surface area contributed by atoms with Crippen molar-refractivity contribution in [2.45, 2.75) is 18.6 Å². The van der Waals surface area contributed by atoms with Crippen LogP contribution in [0.3, 0.4) is 0 Å². The number of amides is 1. The Labute approximate surface area is 113 Å². The van der Waals surface area contributed by atoms with Gasteiger partial charge in [0.15, 0.2) is 0 Å². The highest BCUT2D eigenvalue weighted by molar-refractivity contribution is 5.96. The van der Waals surface area contributed by atoms with E-state index in [0.717, 1.165) is 11.0 Å². The van der Waals surface area contributed by atoms with Crippen molar-refractivity contribution < 1.29 is 24.7 Å². The van der Waals surface area contributed by atoms with Crippen LogP contribution in [0.5, 0.6) is 0 Å². The minimum Gasteiger partial charge on any atom is -0.480 e. The molecule has 1 aliphatic heterocycles. The largest absolute Gasteiger partial charge is 0.480 e. The molecule has 0 radical (unpaired) electrons. The topological polar surface area (TPSA) is 126 Å². The molecule has 9 nitrogen and oxygen atoms in total. The van der Waals surface area contributed by atoms with Gasteiger partial charge in [0.2, 0.25) is 0 Å². The number of nitrogens with zero attached hydrogens (tertiary/aromatic N) is 3. The number of hydrogen-bond acceptors (Lipinski definition) is 5. The molecule has 0 aliphatic carbocycles. The lowest BCUT2D eigenvalue weighted by Gasteiger charge is -2.21. The molecular formula is C11H13N3O6. The molecule has 1 amide bonds. The second-order valence-corrected chi connectivity index (χ2v) is 4.65. The van der Waals surface area contributed by atoms with Gasteiger partial charge in [-0.2, -0.15) is 0 Å². The quantitative estimate of drug-likeness (QED) is 0.574. The molecule has 1 aromatic heterocycles. The first-order valence-electron chi connectivity index (χ1n) is 5.84. The number of aliphatic hydroxyl groups excluding tert-OH is 1. The van der Waals surface area contributed by atoms with Gasteiger partial charge in [-0.1, -0.05) is 0 Å². The maximum atomic E-state index is 12.3. The van der Waals surface area contributed by atoms with Crippen LogP contribution in [0.15, 0.2) is 12.3 Å². The number of β-amino-alcohol motifs (C(OH)–C–C–N with tert-alkyl or cyclic N) is 1. The van der Waals surface area contributed by atoms with Gasteiger partial charge in [-0.3, -0.25) is 14.9 Å². The first-order chi connectivity index (χ1) is 9.31. The van der Waals surface area contributed by atoms with Crippen molar-refractivity contribution in [2.24, 2.45) is 7.05 Å². The summed E-state index contributed by atoms with van der Waals surface area (Å²) in [5.41, 5.74) is -0.237. The molecule has 0 spiro atoms. The van der Waals surface area contributed by atoms with Crippen molar-refractivity contribution in [3.63, 3.8) is 0 Å². The third kappa shape index (κ3) is 2.35. The molecular weight excluding hydrogens is 270 g/mol. The second kappa shape index (κ2) is 4.93. The number of carboxylic acids is 1. The fraction of sp³-hybridized carbons (Fsp3) is 0.455. The van der Waals surface area contributed by atoms with Crippen molar-refractivity contribution in [3.05, 3.63) is 28.1 Å². The summed E-state index contributed by atoms with van der Waals surface area (Å²) in [7, 11) is 1.46. The van der Waals surface area contributed by atoms with Crippen LogP contribution in [0.2, 0.25) is 0 Å². The summed E-state index contributed by atoms with van der Waals surface area (Å²) in [4.78, 5) is 34.4. The highest BCUT2D eigenvalue weighted by atomic mass is 16.6. The Morgan fingerprint density at radius 1 is 1.50 bits per heavy atom. The van der Waals surface area contributed by atoms with Crippen LogP contribution in [-0.2, 0) is 11.8 Å². The van der Waals surface area contributed by atoms with Gasteiger partial charge in [-0.05, 0) is 0 Å². The number of rotatable bonds is 3. The van der Waals surface area contributed by atoms with Crippen molar-refractivity contribution in [3.8, 4) is 0 Å². The average molecular weight is 283 g/mol. The summed E-state index contributed by atoms with van der Waals surface area (Å²) < 4.78 is 1.27. The zero-order valence-electron chi connectivity index (χ0n) is 10.6. The molecule has 1 aliphatic rings. The van der Waals surface area contributed by atoms with Crippen LogP contribution >= 0.6 is 0 Å². The fourth-order valence-electron chi connectivity index (χ4n) is 2.28. The summed E-state index contributed by atoms with van der Waals surface area (Å²) in [6.07, 6.45) is 0.221. The first-order valence-corrected chi connectivity index (χ1v) is 5.84. The summed E-state index contributed by atoms with van der Waals surface area (Å²) in [6, 6.07) is -0.0298. The lowest BCUT2D eigenvalue weighted by atomic mass is 10.2. The molecule has 2 rings (SSSR count). The summed E-state index contributed by atoms with van der Waals surface area (Å²) in [5.74, 6) is -1.86. The van der Waals surface area contributed by atoms with Gasteiger partial charge >= 0.3 is 5.97 Å². The van der Waals surface area contributed by atoms with Crippen molar-refractivity contribution in [1.29, 1.82) is 0 Å². The van der Waals surface area contributed by atoms with E-state index in [0.29, 0.717) is 0 Å². The number of aliphatic hydroxyl groups is 1. The monoisotopic (exact) mass is 283 g/mol. The van der Waals surface area contributed by atoms with Crippen molar-refractivity contribution >= 4 is 17.6 Å².